The number of nitro benzene ring substituents is 3. The van der Waals surface area contributed by atoms with Crippen molar-refractivity contribution in [1.82, 2.24) is 4.37 Å². The summed E-state index contributed by atoms with van der Waals surface area (Å²) in [6.45, 7) is 0.901. The van der Waals surface area contributed by atoms with Gasteiger partial charge in [0.2, 0.25) is 11.8 Å². The number of nitrogens with one attached hydrogen (secondary N) is 2. The predicted octanol–water partition coefficient (Wildman–Crippen LogP) is 7.24. The highest BCUT2D eigenvalue weighted by Crippen LogP contribution is 2.44. The summed E-state index contributed by atoms with van der Waals surface area (Å²) in [7, 11) is 6.04. The summed E-state index contributed by atoms with van der Waals surface area (Å²) in [5.74, 6) is -4.02. The maximum Gasteiger partial charge on any atom is 0.325 e. The molecule has 0 saturated carbocycles. The van der Waals surface area contributed by atoms with Crippen LogP contribution in [0.4, 0.5) is 61.9 Å². The Hall–Kier alpha value is -9.33. The number of anilines is 4. The van der Waals surface area contributed by atoms with Gasteiger partial charge >= 0.3 is 29.6 Å². The Morgan fingerprint density at radius 2 is 1.14 bits per heavy atom. The number of aromatic hydroxyl groups is 1. The molecule has 5 rings (SSSR count). The van der Waals surface area contributed by atoms with E-state index in [1.807, 2.05) is 0 Å². The number of azo groups is 2. The van der Waals surface area contributed by atoms with Gasteiger partial charge in [-0.05, 0) is 45.7 Å². The first-order valence-electron chi connectivity index (χ1n) is 20.4. The quantitative estimate of drug-likeness (QED) is 0.0173. The fraction of sp³-hybridized carbons (Fsp3) is 0.262. The average Bonchev–Trinajstić information content (AvgIpc) is 3.77. The van der Waals surface area contributed by atoms with Gasteiger partial charge in [0.05, 0.1) is 89.1 Å². The summed E-state index contributed by atoms with van der Waals surface area (Å²) in [4.78, 5) is 105. The van der Waals surface area contributed by atoms with E-state index in [-0.39, 0.29) is 68.8 Å². The number of ether oxygens (including phenoxy) is 5. The summed E-state index contributed by atoms with van der Waals surface area (Å²) < 4.78 is 28.2. The summed E-state index contributed by atoms with van der Waals surface area (Å²) in [5.41, 5.74) is -0.913. The Labute approximate surface area is 428 Å². The van der Waals surface area contributed by atoms with E-state index in [9.17, 15) is 64.2 Å². The normalized spacial score (nSPS) is 10.7. The molecular weight excluding hydrogens is 1070 g/mol. The van der Waals surface area contributed by atoms with Crippen LogP contribution in [0.15, 0.2) is 79.5 Å². The number of methoxy groups -OCH3 is 5. The largest absolute Gasteiger partial charge is 0.506 e. The van der Waals surface area contributed by atoms with Crippen molar-refractivity contribution >= 4 is 136 Å². The minimum Gasteiger partial charge on any atom is -0.506 e. The molecule has 0 radical (unpaired) electrons. The summed E-state index contributed by atoms with van der Waals surface area (Å²) in [6, 6.07) is 11.0. The van der Waals surface area contributed by atoms with E-state index in [0.29, 0.717) is 22.0 Å². The highest BCUT2D eigenvalue weighted by Gasteiger charge is 2.26. The van der Waals surface area contributed by atoms with Gasteiger partial charge in [0, 0.05) is 49.6 Å². The first-order valence-corrected chi connectivity index (χ1v) is 22.0. The van der Waals surface area contributed by atoms with E-state index in [1.54, 1.807) is 0 Å². The number of esters is 4. The molecule has 1 aromatic heterocycles. The molecule has 0 aliphatic heterocycles. The van der Waals surface area contributed by atoms with E-state index in [0.717, 1.165) is 42.8 Å². The van der Waals surface area contributed by atoms with Crippen LogP contribution in [-0.4, -0.2) is 122 Å². The fourth-order valence-electron chi connectivity index (χ4n) is 6.09. The van der Waals surface area contributed by atoms with E-state index in [4.69, 9.17) is 14.2 Å². The lowest BCUT2D eigenvalue weighted by molar-refractivity contribution is -0.393. The molecule has 1 heterocycles. The number of hydrogen-bond acceptors (Lipinski definition) is 26. The minimum atomic E-state index is -0.890. The number of benzene rings is 4. The number of phenols is 1. The molecule has 0 bridgehead atoms. The summed E-state index contributed by atoms with van der Waals surface area (Å²) >= 11 is 3.99. The Bertz CT molecular complexity index is 3060. The number of aromatic nitrogens is 1. The third kappa shape index (κ3) is 15.3. The van der Waals surface area contributed by atoms with Crippen molar-refractivity contribution in [3.05, 3.63) is 89.4 Å². The second-order valence-corrected chi connectivity index (χ2v) is 16.0. The van der Waals surface area contributed by atoms with E-state index in [2.05, 4.69) is 60.9 Å². The molecular formula is C42H41BrN12O18S. The molecule has 0 spiro atoms. The van der Waals surface area contributed by atoms with E-state index >= 15 is 0 Å². The van der Waals surface area contributed by atoms with Crippen molar-refractivity contribution in [2.24, 2.45) is 20.5 Å². The Morgan fingerprint density at radius 3 is 1.61 bits per heavy atom. The second kappa shape index (κ2) is 26.2. The number of non-ortho nitro benzene ring substituents is 2. The van der Waals surface area contributed by atoms with Gasteiger partial charge in [0.15, 0.2) is 10.7 Å². The van der Waals surface area contributed by atoms with Gasteiger partial charge in [0.1, 0.15) is 49.1 Å². The third-order valence-corrected chi connectivity index (χ3v) is 10.8. The van der Waals surface area contributed by atoms with Crippen LogP contribution in [0.25, 0.3) is 10.9 Å². The maximum absolute atomic E-state index is 12.0. The number of halogens is 1. The Kier molecular flexibility index (Phi) is 20.3. The zero-order chi connectivity index (χ0) is 55.0. The van der Waals surface area contributed by atoms with Gasteiger partial charge in [-0.1, -0.05) is 0 Å². The van der Waals surface area contributed by atoms with Crippen molar-refractivity contribution in [3.8, 4) is 11.5 Å². The molecule has 30 nitrogen and oxygen atoms in total. The van der Waals surface area contributed by atoms with Crippen LogP contribution < -0.4 is 25.2 Å². The van der Waals surface area contributed by atoms with Crippen molar-refractivity contribution in [3.63, 3.8) is 0 Å². The lowest BCUT2D eigenvalue weighted by Gasteiger charge is -2.25. The van der Waals surface area contributed by atoms with Crippen molar-refractivity contribution in [2.45, 2.75) is 13.8 Å². The third-order valence-electron chi connectivity index (χ3n) is 9.48. The number of carbonyl (C=O) groups is 6. The molecule has 74 heavy (non-hydrogen) atoms. The van der Waals surface area contributed by atoms with E-state index in [1.165, 1.54) is 76.5 Å². The van der Waals surface area contributed by atoms with Crippen LogP contribution in [0.2, 0.25) is 0 Å². The Morgan fingerprint density at radius 1 is 0.649 bits per heavy atom. The van der Waals surface area contributed by atoms with Crippen LogP contribution in [-0.2, 0) is 47.7 Å². The summed E-state index contributed by atoms with van der Waals surface area (Å²) in [5, 5.41) is 66.2. The fourth-order valence-corrected chi connectivity index (χ4v) is 7.29. The van der Waals surface area contributed by atoms with Crippen LogP contribution >= 0.6 is 27.5 Å². The average molecular weight is 1110 g/mol. The van der Waals surface area contributed by atoms with Crippen LogP contribution in [0.5, 0.6) is 11.5 Å². The lowest BCUT2D eigenvalue weighted by Crippen LogP contribution is -2.36. The number of hydrogen-bond donors (Lipinski definition) is 3. The van der Waals surface area contributed by atoms with Crippen molar-refractivity contribution in [1.29, 1.82) is 0 Å². The summed E-state index contributed by atoms with van der Waals surface area (Å²) in [6.07, 6.45) is 0. The van der Waals surface area contributed by atoms with Crippen LogP contribution in [0.3, 0.4) is 0 Å². The SMILES string of the molecule is COC(=O)CN(CC(=O)OC)c1cc(NC(C)=O)c(N=Nc2c(Br)cc([N+](=O)[O-])cc2[N+](=O)[O-])cc1O.COC(=O)CN(CC(=O)OC)c1cc(NC(C)=O)c(N=Nc2snc3ccc([N+](=O)[O-])cc23)cc1OC. The predicted molar refractivity (Wildman–Crippen MR) is 264 cm³/mol. The van der Waals surface area contributed by atoms with Gasteiger partial charge in [-0.15, -0.1) is 20.5 Å². The molecule has 3 N–H and O–H groups in total. The smallest absolute Gasteiger partial charge is 0.325 e. The number of phenolic OH excluding ortho intramolecular Hbond substituents is 1. The first-order chi connectivity index (χ1) is 35.0. The van der Waals surface area contributed by atoms with Gasteiger partial charge in [0.25, 0.3) is 11.4 Å². The molecule has 4 aromatic carbocycles. The molecule has 0 unspecified atom stereocenters. The van der Waals surface area contributed by atoms with Crippen molar-refractivity contribution < 1.29 is 72.3 Å². The minimum absolute atomic E-state index is 0.0514. The maximum atomic E-state index is 12.0. The number of nitrogens with zero attached hydrogens (tertiary/aromatic N) is 10. The molecule has 390 valence electrons. The molecule has 0 atom stereocenters. The van der Waals surface area contributed by atoms with Crippen LogP contribution in [0.1, 0.15) is 13.8 Å². The molecule has 0 aliphatic rings. The lowest BCUT2D eigenvalue weighted by atomic mass is 10.2. The zero-order valence-corrected chi connectivity index (χ0v) is 42.1. The first kappa shape index (κ1) is 57.3. The topological polar surface area (TPSA) is 391 Å². The van der Waals surface area contributed by atoms with Crippen LogP contribution in [0, 0.1) is 30.3 Å². The van der Waals surface area contributed by atoms with Gasteiger partial charge < -0.3 is 49.2 Å². The molecule has 0 aliphatic carbocycles. The molecule has 0 fully saturated rings. The van der Waals surface area contributed by atoms with Gasteiger partial charge in [-0.2, -0.15) is 4.37 Å². The van der Waals surface area contributed by atoms with Gasteiger partial charge in [-0.3, -0.25) is 59.1 Å². The number of amides is 2. The second-order valence-electron chi connectivity index (χ2n) is 14.4. The Balaban J connectivity index is 0.000000320. The zero-order valence-electron chi connectivity index (χ0n) is 39.7. The highest BCUT2D eigenvalue weighted by molar-refractivity contribution is 9.10. The standard InChI is InChI=1S/C22H22N6O8S.C20H19BrN6O10/c1-12(29)23-16-8-18(27(10-20(30)35-3)11-21(31)36-4)19(34-2)9-17(16)24-25-22-14-7-13(28(32)33)5-6-15(14)26-37-22;1-10(28)22-13-6-15(25(8-18(30)36-2)9-19(31)37-3)17(29)7-14(13)23-24-20-12(21)4-11(26(32)33)5-16(20)27(34)35/h5-9H,10-11H2,1-4H3,(H,23,29);4-7,29H,8-9H2,1-3H3,(H,22,28). The molecule has 2 amide bonds. The van der Waals surface area contributed by atoms with E-state index < -0.39 is 80.7 Å². The monoisotopic (exact) mass is 1110 g/mol. The van der Waals surface area contributed by atoms with Gasteiger partial charge in [-0.25, -0.2) is 0 Å². The van der Waals surface area contributed by atoms with Crippen molar-refractivity contribution in [2.75, 3.05) is 82.2 Å². The number of rotatable bonds is 20. The molecule has 32 heteroatoms. The number of nitro groups is 3. The number of carbonyl (C=O) groups excluding carboxylic acids is 6. The number of fused-ring (bicyclic) bond motifs is 1. The highest BCUT2D eigenvalue weighted by atomic mass is 79.9. The molecule has 5 aromatic rings. The molecule has 0 saturated heterocycles.